The highest BCUT2D eigenvalue weighted by atomic mass is 32.3. The SMILES string of the molecule is C[n+]1cc(-c2ccc3c(c2)CC[C@@H](CO/N=C(\C(=O)N[C@@H]2C(=O)N(OS(=O)(=O)O)C2(C)C)c2csc(N)n2)O3)cn1CCCN. The van der Waals surface area contributed by atoms with E-state index in [1.165, 1.54) is 19.2 Å². The maximum atomic E-state index is 13.2. The van der Waals surface area contributed by atoms with Crippen LogP contribution in [0, 0.1) is 0 Å². The summed E-state index contributed by atoms with van der Waals surface area (Å²) in [5.41, 5.74) is 13.2. The summed E-state index contributed by atoms with van der Waals surface area (Å²) in [5.74, 6) is -0.965. The molecule has 2 aliphatic rings. The number of nitrogen functional groups attached to an aromatic ring is 1. The predicted octanol–water partition coefficient (Wildman–Crippen LogP) is 0.322. The Balaban J connectivity index is 1.23. The van der Waals surface area contributed by atoms with Gasteiger partial charge in [-0.15, -0.1) is 20.3 Å². The zero-order valence-electron chi connectivity index (χ0n) is 24.9. The van der Waals surface area contributed by atoms with Crippen molar-refractivity contribution in [3.05, 3.63) is 47.2 Å². The average Bonchev–Trinajstić information content (AvgIpc) is 3.59. The van der Waals surface area contributed by atoms with Crippen molar-refractivity contribution >= 4 is 44.4 Å². The van der Waals surface area contributed by atoms with Gasteiger partial charge in [0, 0.05) is 5.38 Å². The molecule has 2 atom stereocenters. The maximum Gasteiger partial charge on any atom is 0.418 e. The number of aromatic nitrogens is 3. The quantitative estimate of drug-likeness (QED) is 0.0680. The van der Waals surface area contributed by atoms with Gasteiger partial charge in [0.1, 0.15) is 23.6 Å². The number of β-lactam (4-membered cyclic amide) rings is 1. The zero-order chi connectivity index (χ0) is 32.5. The van der Waals surface area contributed by atoms with Crippen LogP contribution in [-0.2, 0) is 49.1 Å². The van der Waals surface area contributed by atoms with Gasteiger partial charge >= 0.3 is 10.4 Å². The van der Waals surface area contributed by atoms with Gasteiger partial charge in [0.2, 0.25) is 6.20 Å². The van der Waals surface area contributed by atoms with Gasteiger partial charge in [0.25, 0.3) is 11.8 Å². The molecule has 16 nitrogen and oxygen atoms in total. The molecule has 1 saturated heterocycles. The number of thiazole rings is 1. The summed E-state index contributed by atoms with van der Waals surface area (Å²) in [5, 5.41) is 8.67. The van der Waals surface area contributed by atoms with E-state index in [-0.39, 0.29) is 29.2 Å². The van der Waals surface area contributed by atoms with Crippen molar-refractivity contribution in [3.8, 4) is 16.9 Å². The fourth-order valence-electron chi connectivity index (χ4n) is 5.13. The van der Waals surface area contributed by atoms with Crippen LogP contribution < -0.4 is 26.2 Å². The molecule has 5 rings (SSSR count). The van der Waals surface area contributed by atoms with Crippen LogP contribution in [0.3, 0.4) is 0 Å². The molecule has 0 aliphatic carbocycles. The van der Waals surface area contributed by atoms with Crippen molar-refractivity contribution in [3.63, 3.8) is 0 Å². The van der Waals surface area contributed by atoms with Gasteiger partial charge in [0.15, 0.2) is 24.5 Å². The standard InChI is InChI=1S/C27H34N8O8S2/c1-27(2)23(25(37)35(27)43-45(38,39)40)31-24(36)22(20-15-44-26(29)30-20)32-41-14-19-7-5-17-11-16(6-8-21(17)42-19)18-12-33(3)34(13-18)10-4-9-28/h6,8,11-13,15,19,23H,4-5,7,9-10,14,28H2,1-3H3,(H3-,29,30,31,36,38,39,40)/p+1/b32-22-/t19-,23+/m0/s1. The second kappa shape index (κ2) is 12.7. The molecular formula is C27H35N8O8S2+. The highest BCUT2D eigenvalue weighted by Gasteiger charge is 2.58. The Morgan fingerprint density at radius 3 is 2.80 bits per heavy atom. The number of anilines is 1. The molecule has 2 aromatic heterocycles. The monoisotopic (exact) mass is 663 g/mol. The van der Waals surface area contributed by atoms with Gasteiger partial charge in [-0.25, -0.2) is 4.98 Å². The topological polar surface area (TPSA) is 218 Å². The number of benzene rings is 1. The number of rotatable bonds is 12. The Morgan fingerprint density at radius 2 is 2.13 bits per heavy atom. The highest BCUT2D eigenvalue weighted by Crippen LogP contribution is 2.34. The minimum atomic E-state index is -4.95. The molecule has 242 valence electrons. The van der Waals surface area contributed by atoms with E-state index in [2.05, 4.69) is 42.9 Å². The normalized spacial score (nSPS) is 19.4. The van der Waals surface area contributed by atoms with Crippen molar-refractivity contribution in [1.82, 2.24) is 20.0 Å². The molecule has 0 radical (unpaired) electrons. The van der Waals surface area contributed by atoms with Crippen LogP contribution >= 0.6 is 11.3 Å². The van der Waals surface area contributed by atoms with Gasteiger partial charge in [-0.1, -0.05) is 11.2 Å². The van der Waals surface area contributed by atoms with Crippen LogP contribution in [0.5, 0.6) is 5.75 Å². The van der Waals surface area contributed by atoms with E-state index in [0.717, 1.165) is 53.2 Å². The average molecular weight is 664 g/mol. The number of nitrogens with two attached hydrogens (primary N) is 2. The van der Waals surface area contributed by atoms with Crippen molar-refractivity contribution in [2.45, 2.75) is 57.3 Å². The van der Waals surface area contributed by atoms with Crippen molar-refractivity contribution in [2.75, 3.05) is 18.9 Å². The summed E-state index contributed by atoms with van der Waals surface area (Å²) in [6, 6.07) is 4.86. The molecule has 45 heavy (non-hydrogen) atoms. The van der Waals surface area contributed by atoms with Gasteiger partial charge in [-0.3, -0.25) is 14.1 Å². The van der Waals surface area contributed by atoms with E-state index in [1.54, 1.807) is 0 Å². The number of oxime groups is 1. The summed E-state index contributed by atoms with van der Waals surface area (Å²) in [6.07, 6.45) is 6.12. The van der Waals surface area contributed by atoms with Crippen LogP contribution in [0.15, 0.2) is 41.1 Å². The first-order valence-corrected chi connectivity index (χ1v) is 16.3. The molecule has 2 amide bonds. The lowest BCUT2D eigenvalue weighted by atomic mass is 9.84. The second-order valence-electron chi connectivity index (χ2n) is 11.2. The Morgan fingerprint density at radius 1 is 1.36 bits per heavy atom. The molecule has 0 saturated carbocycles. The van der Waals surface area contributed by atoms with Crippen molar-refractivity contribution in [2.24, 2.45) is 17.9 Å². The van der Waals surface area contributed by atoms with Gasteiger partial charge in [-0.2, -0.15) is 18.2 Å². The van der Waals surface area contributed by atoms with E-state index in [1.807, 2.05) is 23.9 Å². The second-order valence-corrected chi connectivity index (χ2v) is 13.1. The number of hydrogen-bond acceptors (Lipinski definition) is 12. The molecule has 6 N–H and O–H groups in total. The third-order valence-electron chi connectivity index (χ3n) is 7.55. The molecule has 0 unspecified atom stereocenters. The molecule has 1 aromatic carbocycles. The fourth-order valence-corrected chi connectivity index (χ4v) is 6.13. The lowest BCUT2D eigenvalue weighted by Crippen LogP contribution is -2.76. The van der Waals surface area contributed by atoms with Crippen LogP contribution in [0.25, 0.3) is 11.1 Å². The number of nitrogens with one attached hydrogen (secondary N) is 1. The number of ether oxygens (including phenoxy) is 1. The van der Waals surface area contributed by atoms with E-state index in [0.29, 0.717) is 18.0 Å². The Bertz CT molecular complexity index is 1740. The van der Waals surface area contributed by atoms with E-state index in [9.17, 15) is 18.0 Å². The van der Waals surface area contributed by atoms with E-state index < -0.39 is 33.8 Å². The summed E-state index contributed by atoms with van der Waals surface area (Å²) in [4.78, 5) is 35.4. The molecule has 1 fully saturated rings. The van der Waals surface area contributed by atoms with Gasteiger partial charge in [0.05, 0.1) is 23.8 Å². The zero-order valence-corrected chi connectivity index (χ0v) is 26.5. The fraction of sp³-hybridized carbons (Fsp3) is 0.444. The van der Waals surface area contributed by atoms with Crippen LogP contribution in [0.4, 0.5) is 5.13 Å². The number of amides is 2. The molecule has 18 heteroatoms. The number of aryl methyl sites for hydroxylation is 3. The molecule has 0 spiro atoms. The van der Waals surface area contributed by atoms with Crippen LogP contribution in [0.2, 0.25) is 0 Å². The van der Waals surface area contributed by atoms with E-state index >= 15 is 0 Å². The number of fused-ring (bicyclic) bond motifs is 1. The Labute approximate surface area is 263 Å². The molecule has 4 heterocycles. The Kier molecular flexibility index (Phi) is 9.13. The third kappa shape index (κ3) is 7.09. The first kappa shape index (κ1) is 32.3. The van der Waals surface area contributed by atoms with E-state index in [4.69, 9.17) is 25.6 Å². The number of hydrogen-bond donors (Lipinski definition) is 4. The number of carbonyl (C=O) groups excluding carboxylic acids is 2. The minimum absolute atomic E-state index is 0.0290. The predicted molar refractivity (Wildman–Crippen MR) is 162 cm³/mol. The van der Waals surface area contributed by atoms with Crippen LogP contribution in [0.1, 0.15) is 37.9 Å². The number of carbonyl (C=O) groups is 2. The minimum Gasteiger partial charge on any atom is -0.486 e. The smallest absolute Gasteiger partial charge is 0.418 e. The number of hydroxylamine groups is 2. The lowest BCUT2D eigenvalue weighted by molar-refractivity contribution is -0.753. The first-order valence-electron chi connectivity index (χ1n) is 14.1. The lowest BCUT2D eigenvalue weighted by Gasteiger charge is -2.50. The summed E-state index contributed by atoms with van der Waals surface area (Å²) in [6.45, 7) is 4.39. The summed E-state index contributed by atoms with van der Waals surface area (Å²) in [7, 11) is -2.95. The molecule has 0 bridgehead atoms. The molecule has 3 aromatic rings. The van der Waals surface area contributed by atoms with Crippen molar-refractivity contribution < 1.29 is 41.1 Å². The Hall–Kier alpha value is -4.10. The summed E-state index contributed by atoms with van der Waals surface area (Å²) < 4.78 is 45.8. The summed E-state index contributed by atoms with van der Waals surface area (Å²) >= 11 is 1.08. The molecule has 2 aliphatic heterocycles. The van der Waals surface area contributed by atoms with Crippen LogP contribution in [-0.4, -0.2) is 76.1 Å². The first-order chi connectivity index (χ1) is 21.3. The third-order valence-corrected chi connectivity index (χ3v) is 8.56. The maximum absolute atomic E-state index is 13.2. The van der Waals surface area contributed by atoms with Crippen molar-refractivity contribution in [1.29, 1.82) is 0 Å². The number of nitrogens with zero attached hydrogens (tertiary/aromatic N) is 5. The van der Waals surface area contributed by atoms with Gasteiger partial charge < -0.3 is 26.4 Å². The molecular weight excluding hydrogens is 628 g/mol. The highest BCUT2D eigenvalue weighted by molar-refractivity contribution is 7.80. The largest absolute Gasteiger partial charge is 0.486 e. The van der Waals surface area contributed by atoms with Gasteiger partial charge in [-0.05, 0) is 62.9 Å².